The molecule has 120 valence electrons. The minimum atomic E-state index is -0.350. The van der Waals surface area contributed by atoms with Crippen LogP contribution >= 0.6 is 11.6 Å². The van der Waals surface area contributed by atoms with Crippen LogP contribution in [-0.2, 0) is 0 Å². The van der Waals surface area contributed by atoms with Crippen LogP contribution in [0.2, 0.25) is 5.02 Å². The lowest BCUT2D eigenvalue weighted by atomic mass is 10.1. The van der Waals surface area contributed by atoms with Crippen molar-refractivity contribution in [3.63, 3.8) is 0 Å². The van der Waals surface area contributed by atoms with Crippen molar-refractivity contribution in [1.82, 2.24) is 14.9 Å². The lowest BCUT2D eigenvalue weighted by molar-refractivity contribution is 0.0578. The lowest BCUT2D eigenvalue weighted by Gasteiger charge is -2.31. The Morgan fingerprint density at radius 2 is 1.78 bits per heavy atom. The van der Waals surface area contributed by atoms with Crippen LogP contribution in [0.15, 0.2) is 36.7 Å². The highest BCUT2D eigenvalue weighted by Crippen LogP contribution is 2.18. The number of amides is 1. The van der Waals surface area contributed by atoms with Gasteiger partial charge >= 0.3 is 6.01 Å². The topological polar surface area (TPSA) is 55.3 Å². The van der Waals surface area contributed by atoms with Gasteiger partial charge in [-0.3, -0.25) is 4.79 Å². The first kappa shape index (κ1) is 15.7. The van der Waals surface area contributed by atoms with Gasteiger partial charge in [-0.1, -0.05) is 11.6 Å². The van der Waals surface area contributed by atoms with Crippen LogP contribution in [0.1, 0.15) is 23.2 Å². The predicted octanol–water partition coefficient (Wildman–Crippen LogP) is 2.95. The summed E-state index contributed by atoms with van der Waals surface area (Å²) in [4.78, 5) is 22.1. The van der Waals surface area contributed by atoms with E-state index in [0.29, 0.717) is 36.5 Å². The molecule has 1 aliphatic rings. The molecular weight excluding hydrogens is 321 g/mol. The second-order valence-corrected chi connectivity index (χ2v) is 5.74. The van der Waals surface area contributed by atoms with Gasteiger partial charge in [0, 0.05) is 31.5 Å². The maximum atomic E-state index is 12.9. The Bertz CT molecular complexity index is 671. The normalized spacial score (nSPS) is 15.5. The van der Waals surface area contributed by atoms with Crippen molar-refractivity contribution in [3.8, 4) is 6.01 Å². The van der Waals surface area contributed by atoms with Gasteiger partial charge in [-0.2, -0.15) is 0 Å². The highest BCUT2D eigenvalue weighted by atomic mass is 35.5. The molecule has 0 spiro atoms. The van der Waals surface area contributed by atoms with E-state index in [1.807, 2.05) is 0 Å². The summed E-state index contributed by atoms with van der Waals surface area (Å²) in [5.74, 6) is -0.442. The first-order valence-corrected chi connectivity index (χ1v) is 7.68. The number of carbonyl (C=O) groups excluding carboxylic acids is 1. The number of likely N-dealkylation sites (tertiary alicyclic amines) is 1. The molecule has 3 rings (SSSR count). The first-order valence-electron chi connectivity index (χ1n) is 7.31. The molecule has 0 atom stereocenters. The quantitative estimate of drug-likeness (QED) is 0.865. The molecule has 0 N–H and O–H groups in total. The fourth-order valence-electron chi connectivity index (χ4n) is 2.46. The van der Waals surface area contributed by atoms with Crippen LogP contribution in [0.5, 0.6) is 6.01 Å². The van der Waals surface area contributed by atoms with E-state index in [4.69, 9.17) is 16.3 Å². The molecule has 1 aromatic carbocycles. The summed E-state index contributed by atoms with van der Waals surface area (Å²) < 4.78 is 18.6. The Kier molecular flexibility index (Phi) is 4.71. The standard InChI is InChI=1S/C16H15ClFN3O2/c17-12-9-19-16(20-10-12)23-14-5-7-21(8-6-14)15(22)11-1-3-13(18)4-2-11/h1-4,9-10,14H,5-8H2. The van der Waals surface area contributed by atoms with Gasteiger partial charge in [0.2, 0.25) is 0 Å². The average Bonchev–Trinajstić information content (AvgIpc) is 2.58. The smallest absolute Gasteiger partial charge is 0.316 e. The number of benzene rings is 1. The first-order chi connectivity index (χ1) is 11.1. The van der Waals surface area contributed by atoms with Crippen molar-refractivity contribution in [3.05, 3.63) is 53.1 Å². The third-order valence-electron chi connectivity index (χ3n) is 3.69. The van der Waals surface area contributed by atoms with Crippen molar-refractivity contribution in [2.24, 2.45) is 0 Å². The van der Waals surface area contributed by atoms with Crippen LogP contribution in [0.3, 0.4) is 0 Å². The SMILES string of the molecule is O=C(c1ccc(F)cc1)N1CCC(Oc2ncc(Cl)cn2)CC1. The number of hydrogen-bond donors (Lipinski definition) is 0. The van der Waals surface area contributed by atoms with Crippen LogP contribution < -0.4 is 4.74 Å². The molecule has 2 aromatic rings. The summed E-state index contributed by atoms with van der Waals surface area (Å²) >= 11 is 5.73. The predicted molar refractivity (Wildman–Crippen MR) is 83.0 cm³/mol. The third kappa shape index (κ3) is 3.96. The Balaban J connectivity index is 1.54. The summed E-state index contributed by atoms with van der Waals surface area (Å²) in [5, 5.41) is 0.456. The van der Waals surface area contributed by atoms with Gasteiger partial charge in [-0.25, -0.2) is 14.4 Å². The van der Waals surface area contributed by atoms with Gasteiger partial charge in [-0.05, 0) is 24.3 Å². The largest absolute Gasteiger partial charge is 0.460 e. The molecule has 0 radical (unpaired) electrons. The number of ether oxygens (including phenoxy) is 1. The van der Waals surface area contributed by atoms with Crippen LogP contribution in [0, 0.1) is 5.82 Å². The van der Waals surface area contributed by atoms with Crippen LogP contribution in [0.25, 0.3) is 0 Å². The molecule has 0 unspecified atom stereocenters. The number of hydrogen-bond acceptors (Lipinski definition) is 4. The summed E-state index contributed by atoms with van der Waals surface area (Å²) in [5.41, 5.74) is 0.492. The van der Waals surface area contributed by atoms with E-state index in [-0.39, 0.29) is 23.8 Å². The Morgan fingerprint density at radius 3 is 2.39 bits per heavy atom. The fourth-order valence-corrected chi connectivity index (χ4v) is 2.56. The van der Waals surface area contributed by atoms with E-state index < -0.39 is 0 Å². The van der Waals surface area contributed by atoms with Crippen LogP contribution in [0.4, 0.5) is 4.39 Å². The zero-order chi connectivity index (χ0) is 16.2. The molecule has 23 heavy (non-hydrogen) atoms. The molecular formula is C16H15ClFN3O2. The van der Waals surface area contributed by atoms with Crippen molar-refractivity contribution in [2.45, 2.75) is 18.9 Å². The van der Waals surface area contributed by atoms with Crippen molar-refractivity contribution >= 4 is 17.5 Å². The molecule has 5 nitrogen and oxygen atoms in total. The average molecular weight is 336 g/mol. The summed E-state index contributed by atoms with van der Waals surface area (Å²) in [6.45, 7) is 1.16. The Labute approximate surface area is 138 Å². The molecule has 0 bridgehead atoms. The van der Waals surface area contributed by atoms with E-state index in [2.05, 4.69) is 9.97 Å². The zero-order valence-electron chi connectivity index (χ0n) is 12.3. The molecule has 0 saturated carbocycles. The highest BCUT2D eigenvalue weighted by molar-refractivity contribution is 6.30. The second-order valence-electron chi connectivity index (χ2n) is 5.30. The molecule has 1 aliphatic heterocycles. The van der Waals surface area contributed by atoms with Crippen LogP contribution in [-0.4, -0.2) is 40.0 Å². The van der Waals surface area contributed by atoms with Gasteiger partial charge in [0.25, 0.3) is 5.91 Å². The fraction of sp³-hybridized carbons (Fsp3) is 0.312. The van der Waals surface area contributed by atoms with Crippen molar-refractivity contribution < 1.29 is 13.9 Å². The number of rotatable bonds is 3. The van der Waals surface area contributed by atoms with Gasteiger partial charge in [-0.15, -0.1) is 0 Å². The highest BCUT2D eigenvalue weighted by Gasteiger charge is 2.25. The van der Waals surface area contributed by atoms with Gasteiger partial charge in [0.15, 0.2) is 0 Å². The maximum absolute atomic E-state index is 12.9. The number of aromatic nitrogens is 2. The summed E-state index contributed by atoms with van der Waals surface area (Å²) in [6, 6.07) is 5.88. The minimum absolute atomic E-state index is 0.0338. The van der Waals surface area contributed by atoms with Gasteiger partial charge < -0.3 is 9.64 Å². The number of carbonyl (C=O) groups is 1. The van der Waals surface area contributed by atoms with Crippen molar-refractivity contribution in [1.29, 1.82) is 0 Å². The maximum Gasteiger partial charge on any atom is 0.316 e. The number of halogens is 2. The molecule has 1 amide bonds. The number of nitrogens with zero attached hydrogens (tertiary/aromatic N) is 3. The van der Waals surface area contributed by atoms with E-state index in [1.54, 1.807) is 4.90 Å². The number of piperidine rings is 1. The zero-order valence-corrected chi connectivity index (χ0v) is 13.0. The monoisotopic (exact) mass is 335 g/mol. The summed E-state index contributed by atoms with van der Waals surface area (Å²) in [7, 11) is 0. The molecule has 0 aliphatic carbocycles. The third-order valence-corrected chi connectivity index (χ3v) is 3.88. The minimum Gasteiger partial charge on any atom is -0.460 e. The summed E-state index contributed by atoms with van der Waals surface area (Å²) in [6.07, 6.45) is 4.32. The molecule has 1 fully saturated rings. The Morgan fingerprint density at radius 1 is 1.17 bits per heavy atom. The van der Waals surface area contributed by atoms with Gasteiger partial charge in [0.05, 0.1) is 17.4 Å². The van der Waals surface area contributed by atoms with Gasteiger partial charge in [0.1, 0.15) is 11.9 Å². The van der Waals surface area contributed by atoms with E-state index in [1.165, 1.54) is 36.7 Å². The van der Waals surface area contributed by atoms with Crippen molar-refractivity contribution in [2.75, 3.05) is 13.1 Å². The molecule has 1 aromatic heterocycles. The van der Waals surface area contributed by atoms with E-state index >= 15 is 0 Å². The Hall–Kier alpha value is -2.21. The second kappa shape index (κ2) is 6.91. The van der Waals surface area contributed by atoms with E-state index in [9.17, 15) is 9.18 Å². The lowest BCUT2D eigenvalue weighted by Crippen LogP contribution is -2.41. The van der Waals surface area contributed by atoms with E-state index in [0.717, 1.165) is 0 Å². The molecule has 1 saturated heterocycles. The molecule has 7 heteroatoms. The molecule has 2 heterocycles.